The molecule has 0 fully saturated rings. The summed E-state index contributed by atoms with van der Waals surface area (Å²) < 4.78 is 9.94. The zero-order valence-corrected chi connectivity index (χ0v) is 9.80. The van der Waals surface area contributed by atoms with E-state index in [0.717, 1.165) is 0 Å². The minimum atomic E-state index is -1.26. The molecule has 0 bridgehead atoms. The van der Waals surface area contributed by atoms with Gasteiger partial charge >= 0.3 is 6.09 Å². The Balaban J connectivity index is 3.20. The monoisotopic (exact) mass is 256 g/mol. The van der Waals surface area contributed by atoms with Gasteiger partial charge in [-0.15, -0.1) is 0 Å². The SMILES string of the molecule is COc1cc(CNC(=O)O)c([N+](=O)[O-])cc1OC. The molecule has 0 heterocycles. The Morgan fingerprint density at radius 3 is 2.39 bits per heavy atom. The topological polar surface area (TPSA) is 111 Å². The van der Waals surface area contributed by atoms with E-state index in [9.17, 15) is 14.9 Å². The molecule has 0 aromatic heterocycles. The number of nitrogens with one attached hydrogen (secondary N) is 1. The lowest BCUT2D eigenvalue weighted by molar-refractivity contribution is -0.385. The number of carbonyl (C=O) groups is 1. The van der Waals surface area contributed by atoms with Crippen LogP contribution < -0.4 is 14.8 Å². The number of hydrogen-bond acceptors (Lipinski definition) is 5. The van der Waals surface area contributed by atoms with Gasteiger partial charge in [-0.3, -0.25) is 10.1 Å². The van der Waals surface area contributed by atoms with E-state index in [-0.39, 0.29) is 23.5 Å². The van der Waals surface area contributed by atoms with Crippen molar-refractivity contribution in [2.75, 3.05) is 14.2 Å². The second-order valence-corrected chi connectivity index (χ2v) is 3.25. The Bertz CT molecular complexity index is 474. The molecule has 1 rings (SSSR count). The first-order chi connectivity index (χ1) is 8.49. The van der Waals surface area contributed by atoms with Crippen molar-refractivity contribution in [1.29, 1.82) is 0 Å². The largest absolute Gasteiger partial charge is 0.493 e. The zero-order chi connectivity index (χ0) is 13.7. The number of nitro benzene ring substituents is 1. The van der Waals surface area contributed by atoms with Crippen molar-refractivity contribution in [2.24, 2.45) is 0 Å². The van der Waals surface area contributed by atoms with Gasteiger partial charge in [0.25, 0.3) is 5.69 Å². The molecular weight excluding hydrogens is 244 g/mol. The molecule has 1 aromatic rings. The molecule has 2 N–H and O–H groups in total. The van der Waals surface area contributed by atoms with Gasteiger partial charge in [-0.1, -0.05) is 0 Å². The molecule has 0 spiro atoms. The first-order valence-electron chi connectivity index (χ1n) is 4.85. The molecule has 0 radical (unpaired) electrons. The minimum Gasteiger partial charge on any atom is -0.493 e. The fourth-order valence-electron chi connectivity index (χ4n) is 1.39. The van der Waals surface area contributed by atoms with Crippen LogP contribution in [0.4, 0.5) is 10.5 Å². The van der Waals surface area contributed by atoms with Crippen LogP contribution in [0.3, 0.4) is 0 Å². The van der Waals surface area contributed by atoms with Crippen molar-refractivity contribution in [3.63, 3.8) is 0 Å². The van der Waals surface area contributed by atoms with E-state index in [1.165, 1.54) is 26.4 Å². The Morgan fingerprint density at radius 2 is 1.94 bits per heavy atom. The van der Waals surface area contributed by atoms with E-state index in [4.69, 9.17) is 14.6 Å². The minimum absolute atomic E-state index is 0.188. The van der Waals surface area contributed by atoms with Crippen LogP contribution in [0.2, 0.25) is 0 Å². The quantitative estimate of drug-likeness (QED) is 0.608. The highest BCUT2D eigenvalue weighted by atomic mass is 16.6. The number of benzene rings is 1. The van der Waals surface area contributed by atoms with Gasteiger partial charge in [-0.25, -0.2) is 4.79 Å². The molecule has 0 saturated heterocycles. The summed E-state index contributed by atoms with van der Waals surface area (Å²) in [6.45, 7) is -0.188. The molecule has 0 saturated carbocycles. The fourth-order valence-corrected chi connectivity index (χ4v) is 1.39. The Morgan fingerprint density at radius 1 is 1.39 bits per heavy atom. The van der Waals surface area contributed by atoms with E-state index >= 15 is 0 Å². The van der Waals surface area contributed by atoms with Crippen LogP contribution in [0.5, 0.6) is 11.5 Å². The van der Waals surface area contributed by atoms with Crippen molar-refractivity contribution in [2.45, 2.75) is 6.54 Å². The summed E-state index contributed by atoms with van der Waals surface area (Å²) in [5.74, 6) is 0.508. The third-order valence-electron chi connectivity index (χ3n) is 2.21. The first kappa shape index (κ1) is 13.6. The van der Waals surface area contributed by atoms with Gasteiger partial charge in [0.2, 0.25) is 0 Å². The van der Waals surface area contributed by atoms with Gasteiger partial charge in [-0.2, -0.15) is 0 Å². The van der Waals surface area contributed by atoms with Crippen LogP contribution in [-0.4, -0.2) is 30.3 Å². The summed E-state index contributed by atoms with van der Waals surface area (Å²) in [6, 6.07) is 2.56. The van der Waals surface area contributed by atoms with Crippen molar-refractivity contribution < 1.29 is 24.3 Å². The maximum atomic E-state index is 10.9. The first-order valence-corrected chi connectivity index (χ1v) is 4.85. The lowest BCUT2D eigenvalue weighted by atomic mass is 10.1. The van der Waals surface area contributed by atoms with Crippen LogP contribution in [0.1, 0.15) is 5.56 Å². The van der Waals surface area contributed by atoms with Crippen LogP contribution >= 0.6 is 0 Å². The van der Waals surface area contributed by atoms with Crippen molar-refractivity contribution in [3.8, 4) is 11.5 Å². The number of ether oxygens (including phenoxy) is 2. The summed E-state index contributed by atoms with van der Waals surface area (Å²) in [4.78, 5) is 20.7. The lowest BCUT2D eigenvalue weighted by Crippen LogP contribution is -2.20. The third-order valence-corrected chi connectivity index (χ3v) is 2.21. The van der Waals surface area contributed by atoms with Gasteiger partial charge in [-0.05, 0) is 6.07 Å². The molecule has 1 aromatic carbocycles. The Labute approximate surface area is 102 Å². The van der Waals surface area contributed by atoms with E-state index in [2.05, 4.69) is 5.32 Å². The van der Waals surface area contributed by atoms with E-state index in [0.29, 0.717) is 5.75 Å². The van der Waals surface area contributed by atoms with Gasteiger partial charge in [0.1, 0.15) is 0 Å². The van der Waals surface area contributed by atoms with Crippen molar-refractivity contribution >= 4 is 11.8 Å². The van der Waals surface area contributed by atoms with Crippen molar-refractivity contribution in [1.82, 2.24) is 5.32 Å². The predicted molar refractivity (Wildman–Crippen MR) is 61.1 cm³/mol. The van der Waals surface area contributed by atoms with Gasteiger partial charge in [0.15, 0.2) is 11.5 Å². The number of hydrogen-bond donors (Lipinski definition) is 2. The molecule has 98 valence electrons. The zero-order valence-electron chi connectivity index (χ0n) is 9.80. The standard InChI is InChI=1S/C10H12N2O6/c1-17-8-3-6(5-11-10(13)14)7(12(15)16)4-9(8)18-2/h3-4,11H,5H2,1-2H3,(H,13,14). The predicted octanol–water partition coefficient (Wildman–Crippen LogP) is 1.38. The summed E-state index contributed by atoms with van der Waals surface area (Å²) in [6.07, 6.45) is -1.26. The van der Waals surface area contributed by atoms with E-state index in [1.54, 1.807) is 0 Å². The van der Waals surface area contributed by atoms with Crippen LogP contribution in [0.15, 0.2) is 12.1 Å². The highest BCUT2D eigenvalue weighted by Crippen LogP contribution is 2.34. The molecule has 18 heavy (non-hydrogen) atoms. The van der Waals surface area contributed by atoms with Gasteiger partial charge < -0.3 is 19.9 Å². The van der Waals surface area contributed by atoms with Crippen LogP contribution in [0.25, 0.3) is 0 Å². The number of carboxylic acid groups (broad SMARTS) is 1. The molecule has 0 aliphatic rings. The molecule has 8 nitrogen and oxygen atoms in total. The Hall–Kier alpha value is -2.51. The maximum absolute atomic E-state index is 10.9. The summed E-state index contributed by atoms with van der Waals surface area (Å²) in [7, 11) is 2.74. The van der Waals surface area contributed by atoms with E-state index in [1.807, 2.05) is 0 Å². The number of rotatable bonds is 5. The fraction of sp³-hybridized carbons (Fsp3) is 0.300. The maximum Gasteiger partial charge on any atom is 0.404 e. The number of amides is 1. The lowest BCUT2D eigenvalue weighted by Gasteiger charge is -2.10. The molecular formula is C10H12N2O6. The van der Waals surface area contributed by atoms with Gasteiger partial charge in [0, 0.05) is 0 Å². The molecule has 0 atom stereocenters. The average molecular weight is 256 g/mol. The van der Waals surface area contributed by atoms with Gasteiger partial charge in [0.05, 0.1) is 37.3 Å². The second-order valence-electron chi connectivity index (χ2n) is 3.25. The number of nitro groups is 1. The number of nitrogens with zero attached hydrogens (tertiary/aromatic N) is 1. The average Bonchev–Trinajstić information content (AvgIpc) is 2.34. The van der Waals surface area contributed by atoms with Crippen LogP contribution in [-0.2, 0) is 6.54 Å². The molecule has 8 heteroatoms. The number of methoxy groups -OCH3 is 2. The summed E-state index contributed by atoms with van der Waals surface area (Å²) in [5, 5.41) is 21.4. The summed E-state index contributed by atoms with van der Waals surface area (Å²) in [5.41, 5.74) is -0.0403. The highest BCUT2D eigenvalue weighted by molar-refractivity contribution is 5.65. The smallest absolute Gasteiger partial charge is 0.404 e. The second kappa shape index (κ2) is 5.71. The molecule has 0 aliphatic carbocycles. The van der Waals surface area contributed by atoms with Crippen molar-refractivity contribution in [3.05, 3.63) is 27.8 Å². The normalized spacial score (nSPS) is 9.67. The highest BCUT2D eigenvalue weighted by Gasteiger charge is 2.19. The Kier molecular flexibility index (Phi) is 4.30. The molecule has 0 aliphatic heterocycles. The third kappa shape index (κ3) is 3.00. The molecule has 0 unspecified atom stereocenters. The molecule has 1 amide bonds. The van der Waals surface area contributed by atoms with E-state index < -0.39 is 11.0 Å². The summed E-state index contributed by atoms with van der Waals surface area (Å²) >= 11 is 0. The van der Waals surface area contributed by atoms with Crippen LogP contribution in [0, 0.1) is 10.1 Å².